The molecule has 1 N–H and O–H groups in total. The molecule has 1 saturated heterocycles. The monoisotopic (exact) mass is 310 g/mol. The average molecular weight is 310 g/mol. The largest absolute Gasteiger partial charge is 0.494 e. The normalized spacial score (nSPS) is 14.6. The van der Waals surface area contributed by atoms with Crippen molar-refractivity contribution in [3.05, 3.63) is 54.1 Å². The summed E-state index contributed by atoms with van der Waals surface area (Å²) in [4.78, 5) is 2.48. The summed E-state index contributed by atoms with van der Waals surface area (Å²) >= 11 is 0. The first-order valence-electron chi connectivity index (χ1n) is 8.66. The number of rotatable bonds is 6. The summed E-state index contributed by atoms with van der Waals surface area (Å²) < 4.78 is 5.68. The van der Waals surface area contributed by atoms with Crippen molar-refractivity contribution in [3.8, 4) is 5.75 Å². The quantitative estimate of drug-likeness (QED) is 0.838. The Morgan fingerprint density at radius 3 is 2.43 bits per heavy atom. The van der Waals surface area contributed by atoms with Crippen molar-refractivity contribution in [2.75, 3.05) is 29.9 Å². The molecular formula is C20H26N2O. The average Bonchev–Trinajstić information content (AvgIpc) is 2.62. The summed E-state index contributed by atoms with van der Waals surface area (Å²) in [5.74, 6) is 0.965. The number of benzene rings is 2. The summed E-state index contributed by atoms with van der Waals surface area (Å²) in [6.07, 6.45) is 4.00. The van der Waals surface area contributed by atoms with Crippen molar-refractivity contribution in [1.82, 2.24) is 0 Å². The van der Waals surface area contributed by atoms with Gasteiger partial charge in [-0.05, 0) is 56.5 Å². The fourth-order valence-electron chi connectivity index (χ4n) is 3.09. The van der Waals surface area contributed by atoms with E-state index in [1.807, 2.05) is 19.1 Å². The van der Waals surface area contributed by atoms with Crippen LogP contribution in [-0.4, -0.2) is 19.7 Å². The predicted molar refractivity (Wildman–Crippen MR) is 97.4 cm³/mol. The Morgan fingerprint density at radius 1 is 0.957 bits per heavy atom. The third-order valence-electron chi connectivity index (χ3n) is 4.34. The van der Waals surface area contributed by atoms with Crippen LogP contribution in [0.5, 0.6) is 5.75 Å². The Morgan fingerprint density at radius 2 is 1.70 bits per heavy atom. The first-order chi connectivity index (χ1) is 11.4. The lowest BCUT2D eigenvalue weighted by Crippen LogP contribution is -2.29. The molecule has 23 heavy (non-hydrogen) atoms. The van der Waals surface area contributed by atoms with Crippen LogP contribution in [0, 0.1) is 0 Å². The van der Waals surface area contributed by atoms with E-state index < -0.39 is 0 Å². The second kappa shape index (κ2) is 7.91. The Bertz CT molecular complexity index is 603. The molecule has 3 rings (SSSR count). The van der Waals surface area contributed by atoms with E-state index in [0.29, 0.717) is 6.61 Å². The molecule has 0 unspecified atom stereocenters. The van der Waals surface area contributed by atoms with E-state index in [9.17, 15) is 0 Å². The molecule has 0 atom stereocenters. The highest BCUT2D eigenvalue weighted by molar-refractivity contribution is 5.55. The Labute approximate surface area is 139 Å². The number of para-hydroxylation sites is 1. The van der Waals surface area contributed by atoms with Gasteiger partial charge in [-0.2, -0.15) is 0 Å². The SMILES string of the molecule is CCOc1ccccc1CNc1ccc(N2CCCCC2)cc1. The third-order valence-corrected chi connectivity index (χ3v) is 4.34. The first-order valence-corrected chi connectivity index (χ1v) is 8.66. The molecule has 122 valence electrons. The molecule has 1 heterocycles. The summed E-state index contributed by atoms with van der Waals surface area (Å²) in [5.41, 5.74) is 3.68. The highest BCUT2D eigenvalue weighted by Crippen LogP contribution is 2.23. The van der Waals surface area contributed by atoms with Crippen LogP contribution in [0.1, 0.15) is 31.7 Å². The molecule has 0 saturated carbocycles. The number of nitrogens with zero attached hydrogens (tertiary/aromatic N) is 1. The summed E-state index contributed by atoms with van der Waals surface area (Å²) in [7, 11) is 0. The van der Waals surface area contributed by atoms with E-state index in [1.165, 1.54) is 43.6 Å². The molecule has 0 bridgehead atoms. The van der Waals surface area contributed by atoms with Gasteiger partial charge in [-0.3, -0.25) is 0 Å². The highest BCUT2D eigenvalue weighted by Gasteiger charge is 2.10. The van der Waals surface area contributed by atoms with Crippen LogP contribution in [0.15, 0.2) is 48.5 Å². The summed E-state index contributed by atoms with van der Waals surface area (Å²) in [6, 6.07) is 17.0. The van der Waals surface area contributed by atoms with E-state index in [0.717, 1.165) is 18.0 Å². The van der Waals surface area contributed by atoms with Crippen LogP contribution in [0.3, 0.4) is 0 Å². The lowest BCUT2D eigenvalue weighted by Gasteiger charge is -2.28. The first kappa shape index (κ1) is 15.7. The minimum Gasteiger partial charge on any atom is -0.494 e. The highest BCUT2D eigenvalue weighted by atomic mass is 16.5. The van der Waals surface area contributed by atoms with E-state index in [4.69, 9.17) is 4.74 Å². The van der Waals surface area contributed by atoms with Crippen LogP contribution in [0.2, 0.25) is 0 Å². The van der Waals surface area contributed by atoms with E-state index in [1.54, 1.807) is 0 Å². The Kier molecular flexibility index (Phi) is 5.41. The molecular weight excluding hydrogens is 284 g/mol. The predicted octanol–water partition coefficient (Wildman–Crippen LogP) is 4.69. The number of nitrogens with one attached hydrogen (secondary N) is 1. The minimum atomic E-state index is 0.696. The minimum absolute atomic E-state index is 0.696. The Hall–Kier alpha value is -2.16. The smallest absolute Gasteiger partial charge is 0.124 e. The zero-order valence-electron chi connectivity index (χ0n) is 13.9. The van der Waals surface area contributed by atoms with Gasteiger partial charge in [0.1, 0.15) is 5.75 Å². The third kappa shape index (κ3) is 4.19. The van der Waals surface area contributed by atoms with Crippen molar-refractivity contribution < 1.29 is 4.74 Å². The van der Waals surface area contributed by atoms with Gasteiger partial charge in [0.05, 0.1) is 6.61 Å². The molecule has 2 aromatic carbocycles. The van der Waals surface area contributed by atoms with Gasteiger partial charge in [0.25, 0.3) is 0 Å². The van der Waals surface area contributed by atoms with Crippen LogP contribution < -0.4 is 15.0 Å². The van der Waals surface area contributed by atoms with E-state index in [-0.39, 0.29) is 0 Å². The molecule has 0 spiro atoms. The summed E-state index contributed by atoms with van der Waals surface area (Å²) in [5, 5.41) is 3.49. The fourth-order valence-corrected chi connectivity index (χ4v) is 3.09. The van der Waals surface area contributed by atoms with Crippen molar-refractivity contribution in [1.29, 1.82) is 0 Å². The van der Waals surface area contributed by atoms with Crippen LogP contribution in [0.25, 0.3) is 0 Å². The molecule has 0 amide bonds. The van der Waals surface area contributed by atoms with Gasteiger partial charge in [-0.15, -0.1) is 0 Å². The van der Waals surface area contributed by atoms with Gasteiger partial charge in [-0.25, -0.2) is 0 Å². The zero-order valence-corrected chi connectivity index (χ0v) is 13.9. The summed E-state index contributed by atoms with van der Waals surface area (Å²) in [6.45, 7) is 5.87. The Balaban J connectivity index is 1.60. The van der Waals surface area contributed by atoms with Crippen molar-refractivity contribution in [2.24, 2.45) is 0 Å². The van der Waals surface area contributed by atoms with Crippen molar-refractivity contribution >= 4 is 11.4 Å². The van der Waals surface area contributed by atoms with Gasteiger partial charge in [0, 0.05) is 36.6 Å². The fraction of sp³-hybridized carbons (Fsp3) is 0.400. The second-order valence-corrected chi connectivity index (χ2v) is 5.99. The van der Waals surface area contributed by atoms with Gasteiger partial charge < -0.3 is 15.0 Å². The number of hydrogen-bond acceptors (Lipinski definition) is 3. The van der Waals surface area contributed by atoms with Crippen molar-refractivity contribution in [3.63, 3.8) is 0 Å². The molecule has 0 aliphatic carbocycles. The molecule has 1 fully saturated rings. The van der Waals surface area contributed by atoms with Crippen LogP contribution in [-0.2, 0) is 6.54 Å². The molecule has 2 aromatic rings. The number of piperidine rings is 1. The molecule has 3 nitrogen and oxygen atoms in total. The van der Waals surface area contributed by atoms with Crippen LogP contribution in [0.4, 0.5) is 11.4 Å². The standard InChI is InChI=1S/C20H26N2O/c1-2-23-20-9-5-4-8-17(20)16-21-18-10-12-19(13-11-18)22-14-6-3-7-15-22/h4-5,8-13,21H,2-3,6-7,14-16H2,1H3. The number of anilines is 2. The maximum Gasteiger partial charge on any atom is 0.124 e. The zero-order chi connectivity index (χ0) is 15.9. The molecule has 0 aromatic heterocycles. The topological polar surface area (TPSA) is 24.5 Å². The van der Waals surface area contributed by atoms with Gasteiger partial charge in [-0.1, -0.05) is 18.2 Å². The maximum absolute atomic E-state index is 5.68. The van der Waals surface area contributed by atoms with E-state index >= 15 is 0 Å². The molecule has 3 heteroatoms. The lowest BCUT2D eigenvalue weighted by atomic mass is 10.1. The number of ether oxygens (including phenoxy) is 1. The van der Waals surface area contributed by atoms with Crippen molar-refractivity contribution in [2.45, 2.75) is 32.7 Å². The van der Waals surface area contributed by atoms with Crippen LogP contribution >= 0.6 is 0 Å². The number of hydrogen-bond donors (Lipinski definition) is 1. The maximum atomic E-state index is 5.68. The van der Waals surface area contributed by atoms with E-state index in [2.05, 4.69) is 46.6 Å². The molecule has 1 aliphatic rings. The van der Waals surface area contributed by atoms with Gasteiger partial charge in [0.15, 0.2) is 0 Å². The second-order valence-electron chi connectivity index (χ2n) is 5.99. The van der Waals surface area contributed by atoms with Gasteiger partial charge >= 0.3 is 0 Å². The lowest BCUT2D eigenvalue weighted by molar-refractivity contribution is 0.337. The molecule has 1 aliphatic heterocycles. The van der Waals surface area contributed by atoms with Gasteiger partial charge in [0.2, 0.25) is 0 Å². The molecule has 0 radical (unpaired) electrons.